The predicted octanol–water partition coefficient (Wildman–Crippen LogP) is 1.18. The number of hydrogen-bond donors (Lipinski definition) is 3. The third-order valence-electron chi connectivity index (χ3n) is 4.48. The van der Waals surface area contributed by atoms with Gasteiger partial charge in [0.2, 0.25) is 0 Å². The number of carbonyl (C=O) groups excluding carboxylic acids is 1. The standard InChI is InChI=1S/C18H28N2O3/c1-18(2,23)9-8-13-4-6-14(7-5-13)17(22)19-15-10-16(12-21)20(3)11-15/h4-7,15-16,21,23H,8-12H2,1-3H3,(H,19,22). The molecule has 2 unspecified atom stereocenters. The molecule has 128 valence electrons. The fourth-order valence-electron chi connectivity index (χ4n) is 2.94. The number of carbonyl (C=O) groups is 1. The Balaban J connectivity index is 1.88. The van der Waals surface area contributed by atoms with Crippen molar-refractivity contribution in [3.8, 4) is 0 Å². The van der Waals surface area contributed by atoms with Crippen molar-refractivity contribution in [3.63, 3.8) is 0 Å². The van der Waals surface area contributed by atoms with Crippen LogP contribution in [0, 0.1) is 0 Å². The zero-order valence-corrected chi connectivity index (χ0v) is 14.2. The number of amides is 1. The van der Waals surface area contributed by atoms with E-state index < -0.39 is 5.60 Å². The van der Waals surface area contributed by atoms with Gasteiger partial charge in [0.15, 0.2) is 0 Å². The van der Waals surface area contributed by atoms with Gasteiger partial charge in [0.05, 0.1) is 12.2 Å². The maximum absolute atomic E-state index is 12.3. The van der Waals surface area contributed by atoms with Crippen LogP contribution < -0.4 is 5.32 Å². The van der Waals surface area contributed by atoms with Gasteiger partial charge in [-0.1, -0.05) is 12.1 Å². The molecule has 1 heterocycles. The molecule has 0 spiro atoms. The molecule has 0 aliphatic carbocycles. The first-order chi connectivity index (χ1) is 10.8. The largest absolute Gasteiger partial charge is 0.395 e. The van der Waals surface area contributed by atoms with Crippen LogP contribution in [0.1, 0.15) is 42.6 Å². The Kier molecular flexibility index (Phi) is 5.79. The van der Waals surface area contributed by atoms with Gasteiger partial charge in [-0.3, -0.25) is 9.69 Å². The summed E-state index contributed by atoms with van der Waals surface area (Å²) in [4.78, 5) is 14.4. The monoisotopic (exact) mass is 320 g/mol. The van der Waals surface area contributed by atoms with E-state index in [0.29, 0.717) is 12.0 Å². The van der Waals surface area contributed by atoms with Crippen molar-refractivity contribution >= 4 is 5.91 Å². The number of aliphatic hydroxyl groups excluding tert-OH is 1. The number of likely N-dealkylation sites (tertiary alicyclic amines) is 1. The van der Waals surface area contributed by atoms with Crippen LogP contribution >= 0.6 is 0 Å². The lowest BCUT2D eigenvalue weighted by atomic mass is 9.98. The Hall–Kier alpha value is -1.43. The van der Waals surface area contributed by atoms with E-state index in [9.17, 15) is 15.0 Å². The van der Waals surface area contributed by atoms with Crippen molar-refractivity contribution in [1.82, 2.24) is 10.2 Å². The smallest absolute Gasteiger partial charge is 0.251 e. The van der Waals surface area contributed by atoms with E-state index in [2.05, 4.69) is 10.2 Å². The lowest BCUT2D eigenvalue weighted by Gasteiger charge is -2.16. The quantitative estimate of drug-likeness (QED) is 0.736. The van der Waals surface area contributed by atoms with Crippen molar-refractivity contribution in [2.75, 3.05) is 20.2 Å². The lowest BCUT2D eigenvalue weighted by molar-refractivity contribution is 0.0713. The Morgan fingerprint density at radius 1 is 1.35 bits per heavy atom. The highest BCUT2D eigenvalue weighted by molar-refractivity contribution is 5.94. The number of likely N-dealkylation sites (N-methyl/N-ethyl adjacent to an activating group) is 1. The van der Waals surface area contributed by atoms with Crippen LogP contribution in [0.4, 0.5) is 0 Å². The topological polar surface area (TPSA) is 72.8 Å². The Morgan fingerprint density at radius 2 is 2.00 bits per heavy atom. The second-order valence-electron chi connectivity index (χ2n) is 7.19. The highest BCUT2D eigenvalue weighted by Gasteiger charge is 2.29. The summed E-state index contributed by atoms with van der Waals surface area (Å²) in [6, 6.07) is 7.76. The minimum atomic E-state index is -0.673. The van der Waals surface area contributed by atoms with Crippen molar-refractivity contribution < 1.29 is 15.0 Å². The molecule has 0 saturated carbocycles. The van der Waals surface area contributed by atoms with Crippen molar-refractivity contribution in [3.05, 3.63) is 35.4 Å². The summed E-state index contributed by atoms with van der Waals surface area (Å²) in [5.74, 6) is -0.0731. The maximum atomic E-state index is 12.3. The molecular formula is C18H28N2O3. The second-order valence-corrected chi connectivity index (χ2v) is 7.19. The molecule has 1 saturated heterocycles. The predicted molar refractivity (Wildman–Crippen MR) is 90.4 cm³/mol. The molecule has 1 aliphatic heterocycles. The van der Waals surface area contributed by atoms with E-state index >= 15 is 0 Å². The molecule has 0 bridgehead atoms. The highest BCUT2D eigenvalue weighted by atomic mass is 16.3. The maximum Gasteiger partial charge on any atom is 0.251 e. The zero-order chi connectivity index (χ0) is 17.0. The van der Waals surface area contributed by atoms with E-state index in [4.69, 9.17) is 0 Å². The van der Waals surface area contributed by atoms with Crippen LogP contribution in [0.2, 0.25) is 0 Å². The lowest BCUT2D eigenvalue weighted by Crippen LogP contribution is -2.36. The fraction of sp³-hybridized carbons (Fsp3) is 0.611. The highest BCUT2D eigenvalue weighted by Crippen LogP contribution is 2.17. The number of hydrogen-bond acceptors (Lipinski definition) is 4. The summed E-state index contributed by atoms with van der Waals surface area (Å²) in [6.45, 7) is 4.49. The number of benzene rings is 1. The molecule has 2 atom stereocenters. The molecule has 2 rings (SSSR count). The summed E-state index contributed by atoms with van der Waals surface area (Å²) < 4.78 is 0. The minimum absolute atomic E-state index is 0.0731. The minimum Gasteiger partial charge on any atom is -0.395 e. The summed E-state index contributed by atoms with van der Waals surface area (Å²) >= 11 is 0. The number of aryl methyl sites for hydroxylation is 1. The van der Waals surface area contributed by atoms with Gasteiger partial charge in [-0.15, -0.1) is 0 Å². The molecule has 0 aromatic heterocycles. The molecule has 1 aliphatic rings. The van der Waals surface area contributed by atoms with E-state index in [1.165, 1.54) is 0 Å². The molecule has 5 nitrogen and oxygen atoms in total. The molecule has 1 aromatic rings. The van der Waals surface area contributed by atoms with Crippen molar-refractivity contribution in [2.45, 2.75) is 50.8 Å². The van der Waals surface area contributed by atoms with Crippen LogP contribution in [0.25, 0.3) is 0 Å². The SMILES string of the molecule is CN1CC(NC(=O)c2ccc(CCC(C)(C)O)cc2)CC1CO. The summed E-state index contributed by atoms with van der Waals surface area (Å²) in [5.41, 5.74) is 1.09. The van der Waals surface area contributed by atoms with Crippen LogP contribution in [-0.4, -0.2) is 58.9 Å². The van der Waals surface area contributed by atoms with Gasteiger partial charge in [0, 0.05) is 24.2 Å². The van der Waals surface area contributed by atoms with Gasteiger partial charge in [-0.25, -0.2) is 0 Å². The molecule has 0 radical (unpaired) electrons. The van der Waals surface area contributed by atoms with Gasteiger partial charge in [-0.2, -0.15) is 0 Å². The normalized spacial score (nSPS) is 22.3. The van der Waals surface area contributed by atoms with Crippen molar-refractivity contribution in [1.29, 1.82) is 0 Å². The molecular weight excluding hydrogens is 292 g/mol. The molecule has 1 amide bonds. The fourth-order valence-corrected chi connectivity index (χ4v) is 2.94. The van der Waals surface area contributed by atoms with Gasteiger partial charge >= 0.3 is 0 Å². The Morgan fingerprint density at radius 3 is 2.52 bits per heavy atom. The Labute approximate surface area is 138 Å². The van der Waals surface area contributed by atoms with E-state index in [1.807, 2.05) is 31.3 Å². The first-order valence-corrected chi connectivity index (χ1v) is 8.22. The van der Waals surface area contributed by atoms with Gasteiger partial charge < -0.3 is 15.5 Å². The first-order valence-electron chi connectivity index (χ1n) is 8.22. The molecule has 5 heteroatoms. The van der Waals surface area contributed by atoms with E-state index in [1.54, 1.807) is 13.8 Å². The average Bonchev–Trinajstić information content (AvgIpc) is 2.84. The molecule has 23 heavy (non-hydrogen) atoms. The summed E-state index contributed by atoms with van der Waals surface area (Å²) in [6.07, 6.45) is 2.26. The zero-order valence-electron chi connectivity index (χ0n) is 14.2. The van der Waals surface area contributed by atoms with Crippen LogP contribution in [0.15, 0.2) is 24.3 Å². The number of rotatable bonds is 6. The number of nitrogens with one attached hydrogen (secondary N) is 1. The van der Waals surface area contributed by atoms with Gasteiger partial charge in [0.25, 0.3) is 5.91 Å². The van der Waals surface area contributed by atoms with Gasteiger partial charge in [-0.05, 0) is 57.9 Å². The second kappa shape index (κ2) is 7.43. The average molecular weight is 320 g/mol. The number of nitrogens with zero attached hydrogens (tertiary/aromatic N) is 1. The van der Waals surface area contributed by atoms with Crippen LogP contribution in [-0.2, 0) is 6.42 Å². The third kappa shape index (κ3) is 5.30. The van der Waals surface area contributed by atoms with Gasteiger partial charge in [0.1, 0.15) is 0 Å². The summed E-state index contributed by atoms with van der Waals surface area (Å²) in [7, 11) is 1.96. The molecule has 3 N–H and O–H groups in total. The van der Waals surface area contributed by atoms with Crippen LogP contribution in [0.3, 0.4) is 0 Å². The van der Waals surface area contributed by atoms with Crippen LogP contribution in [0.5, 0.6) is 0 Å². The van der Waals surface area contributed by atoms with E-state index in [0.717, 1.165) is 24.9 Å². The molecule has 1 fully saturated rings. The Bertz CT molecular complexity index is 522. The third-order valence-corrected chi connectivity index (χ3v) is 4.48. The van der Waals surface area contributed by atoms with E-state index in [-0.39, 0.29) is 24.6 Å². The molecule has 1 aromatic carbocycles. The summed E-state index contributed by atoms with van der Waals surface area (Å²) in [5, 5.41) is 22.1. The number of aliphatic hydroxyl groups is 2. The van der Waals surface area contributed by atoms with Crippen molar-refractivity contribution in [2.24, 2.45) is 0 Å². The first kappa shape index (κ1) is 17.9.